The van der Waals surface area contributed by atoms with E-state index in [1.54, 1.807) is 36.4 Å². The van der Waals surface area contributed by atoms with Crippen molar-refractivity contribution in [3.05, 3.63) is 31.4 Å². The zero-order valence-corrected chi connectivity index (χ0v) is 21.6. The van der Waals surface area contributed by atoms with Gasteiger partial charge < -0.3 is 31.5 Å². The Kier molecular flexibility index (Phi) is 9.94. The highest BCUT2D eigenvalue weighted by molar-refractivity contribution is 14.1. The third-order valence-corrected chi connectivity index (χ3v) is 6.11. The van der Waals surface area contributed by atoms with Crippen LogP contribution in [0.25, 0.3) is 0 Å². The number of rotatable bonds is 6. The Morgan fingerprint density at radius 2 is 1.89 bits per heavy atom. The number of carboxylic acid groups (broad SMARTS) is 1. The number of hydrogen-bond donors (Lipinski definition) is 5. The van der Waals surface area contributed by atoms with E-state index in [2.05, 4.69) is 16.0 Å². The number of carboxylic acids is 1. The number of ether oxygens (including phenoxy) is 1. The maximum Gasteiger partial charge on any atom is 0.303 e. The smallest absolute Gasteiger partial charge is 0.303 e. The van der Waals surface area contributed by atoms with Crippen molar-refractivity contribution in [1.29, 1.82) is 0 Å². The number of nitro benzene ring substituents is 1. The van der Waals surface area contributed by atoms with E-state index in [-0.39, 0.29) is 40.0 Å². The van der Waals surface area contributed by atoms with Crippen molar-refractivity contribution in [3.63, 3.8) is 0 Å². The molecule has 0 spiro atoms. The summed E-state index contributed by atoms with van der Waals surface area (Å²) in [4.78, 5) is 72.7. The third-order valence-electron chi connectivity index (χ3n) is 5.31. The molecule has 0 unspecified atom stereocenters. The van der Waals surface area contributed by atoms with Crippen molar-refractivity contribution >= 4 is 57.9 Å². The Labute approximate surface area is 219 Å². The van der Waals surface area contributed by atoms with Gasteiger partial charge in [-0.15, -0.1) is 0 Å². The number of carbonyl (C=O) groups is 5. The Hall–Kier alpha value is -3.50. The van der Waals surface area contributed by atoms with E-state index in [1.807, 2.05) is 0 Å². The number of amides is 4. The number of halogens is 1. The van der Waals surface area contributed by atoms with E-state index < -0.39 is 65.0 Å². The van der Waals surface area contributed by atoms with Crippen molar-refractivity contribution in [3.8, 4) is 5.75 Å². The molecule has 0 aliphatic carbocycles. The minimum absolute atomic E-state index is 0.00689. The lowest BCUT2D eigenvalue weighted by atomic mass is 10.0. The van der Waals surface area contributed by atoms with Crippen LogP contribution in [0, 0.1) is 19.6 Å². The average Bonchev–Trinajstić information content (AvgIpc) is 2.78. The number of nitrogens with one attached hydrogen (secondary N) is 3. The number of carbonyl (C=O) groups excluding carboxylic acids is 4. The lowest BCUT2D eigenvalue weighted by molar-refractivity contribution is -0.385. The highest BCUT2D eigenvalue weighted by atomic mass is 127. The normalized spacial score (nSPS) is 21.2. The minimum Gasteiger partial charge on any atom is -0.492 e. The third kappa shape index (κ3) is 7.50. The van der Waals surface area contributed by atoms with E-state index in [0.717, 1.165) is 6.07 Å². The van der Waals surface area contributed by atoms with Crippen LogP contribution in [0.2, 0.25) is 0 Å². The summed E-state index contributed by atoms with van der Waals surface area (Å²) in [7, 11) is 0. The number of primary amides is 1. The molecule has 0 saturated heterocycles. The molecule has 0 bridgehead atoms. The molecule has 4 amide bonds. The van der Waals surface area contributed by atoms with E-state index in [1.165, 1.54) is 6.07 Å². The molecule has 1 aliphatic rings. The molecule has 14 nitrogen and oxygen atoms in total. The van der Waals surface area contributed by atoms with Gasteiger partial charge in [0, 0.05) is 25.0 Å². The quantitative estimate of drug-likeness (QED) is 0.165. The van der Waals surface area contributed by atoms with Gasteiger partial charge in [0.25, 0.3) is 11.6 Å². The summed E-state index contributed by atoms with van der Waals surface area (Å²) in [5.41, 5.74) is 4.81. The average molecular weight is 619 g/mol. The van der Waals surface area contributed by atoms with Crippen molar-refractivity contribution in [1.82, 2.24) is 16.0 Å². The topological polar surface area (TPSA) is 220 Å². The molecule has 0 radical (unpaired) electrons. The second kappa shape index (κ2) is 12.5. The van der Waals surface area contributed by atoms with E-state index in [9.17, 15) is 34.1 Å². The van der Waals surface area contributed by atoms with Gasteiger partial charge in [0.05, 0.1) is 20.7 Å². The molecule has 196 valence electrons. The Bertz CT molecular complexity index is 1080. The molecular weight excluding hydrogens is 593 g/mol. The Morgan fingerprint density at radius 1 is 1.22 bits per heavy atom. The van der Waals surface area contributed by atoms with Crippen LogP contribution < -0.4 is 26.4 Å². The molecule has 1 aromatic carbocycles. The van der Waals surface area contributed by atoms with Crippen LogP contribution in [0.5, 0.6) is 5.75 Å². The van der Waals surface area contributed by atoms with Crippen LogP contribution in [-0.4, -0.2) is 64.4 Å². The number of non-ortho nitro benzene ring substituents is 1. The van der Waals surface area contributed by atoms with E-state index in [0.29, 0.717) is 0 Å². The fourth-order valence-corrected chi connectivity index (χ4v) is 4.15. The summed E-state index contributed by atoms with van der Waals surface area (Å²) in [6.45, 7) is 3.04. The molecule has 1 aliphatic heterocycles. The molecule has 0 saturated carbocycles. The van der Waals surface area contributed by atoms with Gasteiger partial charge in [-0.05, 0) is 34.9 Å². The Balaban J connectivity index is 2.55. The lowest BCUT2D eigenvalue weighted by Crippen LogP contribution is -2.57. The zero-order chi connectivity index (χ0) is 27.2. The molecule has 15 heteroatoms. The summed E-state index contributed by atoms with van der Waals surface area (Å²) in [6.07, 6.45) is -0.888. The van der Waals surface area contributed by atoms with Gasteiger partial charge in [0.15, 0.2) is 0 Å². The number of hydrogen-bond acceptors (Lipinski definition) is 8. The fourth-order valence-electron chi connectivity index (χ4n) is 3.39. The summed E-state index contributed by atoms with van der Waals surface area (Å²) < 4.78 is 5.92. The highest BCUT2D eigenvalue weighted by Crippen LogP contribution is 2.31. The number of nitrogens with zero attached hydrogens (tertiary/aromatic N) is 1. The molecule has 0 fully saturated rings. The van der Waals surface area contributed by atoms with Crippen molar-refractivity contribution < 1.29 is 38.7 Å². The summed E-state index contributed by atoms with van der Waals surface area (Å²) in [5.74, 6) is -5.07. The van der Waals surface area contributed by atoms with Crippen molar-refractivity contribution in [2.75, 3.05) is 6.61 Å². The predicted molar refractivity (Wildman–Crippen MR) is 132 cm³/mol. The van der Waals surface area contributed by atoms with Gasteiger partial charge in [-0.25, -0.2) is 0 Å². The number of fused-ring (bicyclic) bond motifs is 1. The molecule has 1 heterocycles. The summed E-state index contributed by atoms with van der Waals surface area (Å²) in [6, 6.07) is -1.57. The maximum atomic E-state index is 13.2. The first-order valence-corrected chi connectivity index (χ1v) is 11.9. The van der Waals surface area contributed by atoms with Crippen LogP contribution in [-0.2, 0) is 19.2 Å². The molecular formula is C21H26IN5O9. The first-order chi connectivity index (χ1) is 16.8. The molecule has 2 rings (SSSR count). The summed E-state index contributed by atoms with van der Waals surface area (Å²) >= 11 is 1.76. The number of nitrogens with two attached hydrogens (primary N) is 1. The second-order valence-electron chi connectivity index (χ2n) is 8.35. The first-order valence-electron chi connectivity index (χ1n) is 10.8. The molecule has 36 heavy (non-hydrogen) atoms. The van der Waals surface area contributed by atoms with Gasteiger partial charge in [0.2, 0.25) is 17.7 Å². The molecule has 3 atom stereocenters. The largest absolute Gasteiger partial charge is 0.492 e. The Morgan fingerprint density at radius 3 is 2.44 bits per heavy atom. The van der Waals surface area contributed by atoms with Crippen molar-refractivity contribution in [2.24, 2.45) is 11.7 Å². The lowest BCUT2D eigenvalue weighted by Gasteiger charge is -2.27. The van der Waals surface area contributed by atoms with Gasteiger partial charge in [-0.3, -0.25) is 34.1 Å². The number of benzene rings is 1. The highest BCUT2D eigenvalue weighted by Gasteiger charge is 2.33. The predicted octanol–water partition coefficient (Wildman–Crippen LogP) is 0.0560. The van der Waals surface area contributed by atoms with Gasteiger partial charge in [-0.2, -0.15) is 0 Å². The summed E-state index contributed by atoms with van der Waals surface area (Å²) in [5, 5.41) is 27.7. The van der Waals surface area contributed by atoms with Crippen LogP contribution in [0.3, 0.4) is 0 Å². The second-order valence-corrected chi connectivity index (χ2v) is 9.51. The van der Waals surface area contributed by atoms with E-state index >= 15 is 0 Å². The van der Waals surface area contributed by atoms with E-state index in [4.69, 9.17) is 15.6 Å². The molecule has 0 aromatic heterocycles. The fraction of sp³-hybridized carbons (Fsp3) is 0.476. The van der Waals surface area contributed by atoms with Gasteiger partial charge >= 0.3 is 5.97 Å². The first kappa shape index (κ1) is 28.7. The van der Waals surface area contributed by atoms with Crippen LogP contribution >= 0.6 is 22.6 Å². The van der Waals surface area contributed by atoms with Gasteiger partial charge in [-0.1, -0.05) is 13.8 Å². The SMILES string of the molecule is CC(C)[C@@H]1NC(=O)c2cc([N+](=O)[O-])cc(I)c2OCC[C@@H](C(N)=O)NC(=O)[C@H](CCC(=O)O)NC1=O. The minimum atomic E-state index is -1.34. The van der Waals surface area contributed by atoms with Crippen LogP contribution in [0.1, 0.15) is 43.5 Å². The van der Waals surface area contributed by atoms with Gasteiger partial charge in [0.1, 0.15) is 23.9 Å². The maximum absolute atomic E-state index is 13.2. The zero-order valence-electron chi connectivity index (χ0n) is 19.4. The monoisotopic (exact) mass is 619 g/mol. The van der Waals surface area contributed by atoms with Crippen LogP contribution in [0.4, 0.5) is 5.69 Å². The number of aliphatic carboxylic acids is 1. The van der Waals surface area contributed by atoms with Crippen LogP contribution in [0.15, 0.2) is 12.1 Å². The number of nitro groups is 1. The standard InChI is InChI=1S/C21H26IN5O9/c1-9(2)16-21(33)25-14(3-4-15(28)29)20(32)24-13(18(23)30)5-6-36-17-11(19(31)26-16)7-10(27(34)35)8-12(17)22/h7-9,13-14,16H,3-6H2,1-2H3,(H2,23,30)(H,24,32)(H,25,33)(H,26,31)(H,28,29)/t13-,14-,16-/m0/s1. The van der Waals surface area contributed by atoms with Crippen molar-refractivity contribution in [2.45, 2.75) is 51.2 Å². The molecule has 6 N–H and O–H groups in total. The molecule has 1 aromatic rings.